The lowest BCUT2D eigenvalue weighted by molar-refractivity contribution is -0.605. The fourth-order valence-electron chi connectivity index (χ4n) is 0.767. The molecule has 0 aromatic carbocycles. The van der Waals surface area contributed by atoms with Crippen molar-refractivity contribution >= 4 is 0 Å². The highest BCUT2D eigenvalue weighted by molar-refractivity contribution is 5.34. The Kier molecular flexibility index (Phi) is 2.15. The Hall–Kier alpha value is -1.45. The van der Waals surface area contributed by atoms with Gasteiger partial charge in [-0.05, 0) is 0 Å². The molecule has 0 atom stereocenters. The number of pyridine rings is 1. The van der Waals surface area contributed by atoms with Crippen LogP contribution in [0.4, 0.5) is 0 Å². The maximum Gasteiger partial charge on any atom is 0.227 e. The van der Waals surface area contributed by atoms with Crippen molar-refractivity contribution < 1.29 is 14.2 Å². The minimum atomic E-state index is 0.435. The van der Waals surface area contributed by atoms with Gasteiger partial charge in [-0.15, -0.1) is 0 Å². The second-order valence-corrected chi connectivity index (χ2v) is 1.94. The van der Waals surface area contributed by atoms with Crippen LogP contribution in [0.25, 0.3) is 0 Å². The molecule has 0 aliphatic rings. The normalized spacial score (nSPS) is 9.27. The zero-order valence-electron chi connectivity index (χ0n) is 6.40. The molecule has 0 saturated heterocycles. The van der Waals surface area contributed by atoms with Crippen LogP contribution >= 0.6 is 0 Å². The van der Waals surface area contributed by atoms with Crippen LogP contribution in [-0.2, 0) is 0 Å². The summed E-state index contributed by atoms with van der Waals surface area (Å²) in [5, 5.41) is 10.7. The van der Waals surface area contributed by atoms with E-state index in [2.05, 4.69) is 0 Å². The van der Waals surface area contributed by atoms with Gasteiger partial charge in [-0.25, -0.2) is 0 Å². The Bertz CT molecular complexity index is 249. The lowest BCUT2D eigenvalue weighted by Gasteiger charge is -2.04. The third kappa shape index (κ3) is 1.52. The Labute approximate surface area is 64.6 Å². The fourth-order valence-corrected chi connectivity index (χ4v) is 0.767. The molecule has 1 heterocycles. The summed E-state index contributed by atoms with van der Waals surface area (Å²) in [7, 11) is 3.00. The highest BCUT2D eigenvalue weighted by Gasteiger charge is 2.05. The number of aromatic nitrogens is 1. The van der Waals surface area contributed by atoms with Gasteiger partial charge in [0.05, 0.1) is 14.2 Å². The summed E-state index contributed by atoms with van der Waals surface area (Å²) >= 11 is 0. The smallest absolute Gasteiger partial charge is 0.227 e. The Morgan fingerprint density at radius 3 is 2.45 bits per heavy atom. The summed E-state index contributed by atoms with van der Waals surface area (Å²) in [6, 6.07) is 1.55. The average molecular weight is 155 g/mol. The molecule has 0 saturated carbocycles. The number of ether oxygens (including phenoxy) is 2. The summed E-state index contributed by atoms with van der Waals surface area (Å²) in [5.41, 5.74) is 0. The summed E-state index contributed by atoms with van der Waals surface area (Å²) in [4.78, 5) is 0. The van der Waals surface area contributed by atoms with Gasteiger partial charge >= 0.3 is 0 Å². The van der Waals surface area contributed by atoms with Gasteiger partial charge in [-0.3, -0.25) is 0 Å². The van der Waals surface area contributed by atoms with Gasteiger partial charge in [0.1, 0.15) is 0 Å². The van der Waals surface area contributed by atoms with Crippen LogP contribution in [0.1, 0.15) is 0 Å². The van der Waals surface area contributed by atoms with E-state index in [4.69, 9.17) is 9.47 Å². The molecule has 0 fully saturated rings. The van der Waals surface area contributed by atoms with Crippen molar-refractivity contribution in [3.05, 3.63) is 23.7 Å². The van der Waals surface area contributed by atoms with Gasteiger partial charge in [0, 0.05) is 6.07 Å². The largest absolute Gasteiger partial charge is 0.619 e. The van der Waals surface area contributed by atoms with Gasteiger partial charge in [0.25, 0.3) is 0 Å². The second-order valence-electron chi connectivity index (χ2n) is 1.94. The van der Waals surface area contributed by atoms with Crippen molar-refractivity contribution in [2.75, 3.05) is 14.2 Å². The monoisotopic (exact) mass is 155 g/mol. The van der Waals surface area contributed by atoms with Gasteiger partial charge in [0.2, 0.25) is 11.9 Å². The molecule has 0 unspecified atom stereocenters. The van der Waals surface area contributed by atoms with Crippen LogP contribution in [0.3, 0.4) is 0 Å². The van der Waals surface area contributed by atoms with E-state index < -0.39 is 0 Å². The zero-order chi connectivity index (χ0) is 8.27. The van der Waals surface area contributed by atoms with E-state index in [-0.39, 0.29) is 0 Å². The maximum absolute atomic E-state index is 10.7. The summed E-state index contributed by atoms with van der Waals surface area (Å²) < 4.78 is 10.4. The third-order valence-electron chi connectivity index (χ3n) is 1.30. The first kappa shape index (κ1) is 7.65. The van der Waals surface area contributed by atoms with E-state index in [0.717, 1.165) is 0 Å². The van der Waals surface area contributed by atoms with Crippen molar-refractivity contribution in [1.82, 2.24) is 0 Å². The molecule has 1 aromatic rings. The van der Waals surface area contributed by atoms with Crippen LogP contribution in [0, 0.1) is 5.21 Å². The first-order valence-electron chi connectivity index (χ1n) is 3.08. The molecule has 1 rings (SSSR count). The van der Waals surface area contributed by atoms with E-state index in [1.54, 1.807) is 6.07 Å². The molecule has 0 bridgehead atoms. The van der Waals surface area contributed by atoms with E-state index in [9.17, 15) is 5.21 Å². The zero-order valence-corrected chi connectivity index (χ0v) is 6.40. The number of hydrogen-bond acceptors (Lipinski definition) is 3. The molecule has 0 spiro atoms. The summed E-state index contributed by atoms with van der Waals surface area (Å²) in [5.74, 6) is 0.990. The number of methoxy groups -OCH3 is 2. The number of rotatable bonds is 2. The lowest BCUT2D eigenvalue weighted by Crippen LogP contribution is -2.24. The van der Waals surface area contributed by atoms with E-state index in [1.807, 2.05) is 0 Å². The molecule has 0 radical (unpaired) electrons. The molecule has 0 aliphatic heterocycles. The Morgan fingerprint density at radius 2 is 1.91 bits per heavy atom. The van der Waals surface area contributed by atoms with Crippen LogP contribution in [0.15, 0.2) is 18.5 Å². The number of hydrogen-bond donors (Lipinski definition) is 0. The van der Waals surface area contributed by atoms with Gasteiger partial charge in [0.15, 0.2) is 11.9 Å². The summed E-state index contributed by atoms with van der Waals surface area (Å²) in [6.45, 7) is 0. The molecule has 0 amide bonds. The predicted octanol–water partition coefficient (Wildman–Crippen LogP) is 0.337. The molecule has 11 heavy (non-hydrogen) atoms. The SMILES string of the molecule is COc1cc[n+]([O-])cc1OC. The van der Waals surface area contributed by atoms with E-state index in [0.29, 0.717) is 16.2 Å². The molecule has 0 aliphatic carbocycles. The molecule has 1 aromatic heterocycles. The second kappa shape index (κ2) is 3.09. The van der Waals surface area contributed by atoms with Crippen LogP contribution < -0.4 is 14.2 Å². The van der Waals surface area contributed by atoms with E-state index in [1.165, 1.54) is 26.6 Å². The van der Waals surface area contributed by atoms with Crippen LogP contribution in [0.5, 0.6) is 11.5 Å². The van der Waals surface area contributed by atoms with Gasteiger partial charge in [-0.1, -0.05) is 0 Å². The topological polar surface area (TPSA) is 45.4 Å². The predicted molar refractivity (Wildman–Crippen MR) is 38.5 cm³/mol. The molecular formula is C7H9NO3. The minimum absolute atomic E-state index is 0.435. The molecule has 4 heteroatoms. The standard InChI is InChI=1S/C7H9NO3/c1-10-6-3-4-8(9)5-7(6)11-2/h3-5H,1-2H3. The average Bonchev–Trinajstić information content (AvgIpc) is 2.04. The Morgan fingerprint density at radius 1 is 1.27 bits per heavy atom. The van der Waals surface area contributed by atoms with Crippen LogP contribution in [0.2, 0.25) is 0 Å². The quantitative estimate of drug-likeness (QED) is 0.457. The first-order chi connectivity index (χ1) is 5.27. The van der Waals surface area contributed by atoms with E-state index >= 15 is 0 Å². The molecule has 4 nitrogen and oxygen atoms in total. The molecule has 60 valence electrons. The highest BCUT2D eigenvalue weighted by Crippen LogP contribution is 2.22. The van der Waals surface area contributed by atoms with Gasteiger partial charge in [-0.2, -0.15) is 4.73 Å². The maximum atomic E-state index is 10.7. The minimum Gasteiger partial charge on any atom is -0.619 e. The summed E-state index contributed by atoms with van der Waals surface area (Å²) in [6.07, 6.45) is 2.65. The fraction of sp³-hybridized carbons (Fsp3) is 0.286. The van der Waals surface area contributed by atoms with Crippen molar-refractivity contribution in [2.24, 2.45) is 0 Å². The van der Waals surface area contributed by atoms with Crippen molar-refractivity contribution in [2.45, 2.75) is 0 Å². The molecule has 0 N–H and O–H groups in total. The number of nitrogens with zero attached hydrogens (tertiary/aromatic N) is 1. The van der Waals surface area contributed by atoms with Crippen molar-refractivity contribution in [1.29, 1.82) is 0 Å². The third-order valence-corrected chi connectivity index (χ3v) is 1.30. The lowest BCUT2D eigenvalue weighted by atomic mass is 10.4. The van der Waals surface area contributed by atoms with Crippen molar-refractivity contribution in [3.8, 4) is 11.5 Å². The highest BCUT2D eigenvalue weighted by atomic mass is 16.5. The van der Waals surface area contributed by atoms with Crippen molar-refractivity contribution in [3.63, 3.8) is 0 Å². The van der Waals surface area contributed by atoms with Crippen LogP contribution in [-0.4, -0.2) is 14.2 Å². The Balaban J connectivity index is 3.06. The molecular weight excluding hydrogens is 146 g/mol. The van der Waals surface area contributed by atoms with Gasteiger partial charge < -0.3 is 14.7 Å². The first-order valence-corrected chi connectivity index (χ1v) is 3.08.